The average Bonchev–Trinajstić information content (AvgIpc) is 3.48. The lowest BCUT2D eigenvalue weighted by molar-refractivity contribution is -0.143. The van der Waals surface area contributed by atoms with E-state index in [1.54, 1.807) is 30.0 Å². The maximum Gasteiger partial charge on any atom is 0.326 e. The first-order valence-corrected chi connectivity index (χ1v) is 12.6. The quantitative estimate of drug-likeness (QED) is 0.343. The number of nitrogens with zero attached hydrogens (tertiary/aromatic N) is 8. The van der Waals surface area contributed by atoms with Crippen LogP contribution < -0.4 is 9.80 Å². The van der Waals surface area contributed by atoms with Crippen molar-refractivity contribution in [3.8, 4) is 11.6 Å². The highest BCUT2D eigenvalue weighted by molar-refractivity contribution is 5.86. The molecule has 0 saturated carbocycles. The van der Waals surface area contributed by atoms with E-state index in [0.717, 1.165) is 35.6 Å². The predicted octanol–water partition coefficient (Wildman–Crippen LogP) is 3.07. The Hall–Kier alpha value is -4.67. The SMILES string of the molecule is CCOC(=O)Cn1cnc2c(-n3c(C)nc4ccccc43)nc(N3CCN(c4ccc(O)cc4)CC3)nc21. The number of phenols is 1. The second-order valence-electron chi connectivity index (χ2n) is 9.17. The number of hydrogen-bond donors (Lipinski definition) is 1. The van der Waals surface area contributed by atoms with Crippen molar-refractivity contribution in [2.24, 2.45) is 0 Å². The summed E-state index contributed by atoms with van der Waals surface area (Å²) in [5, 5.41) is 9.63. The molecular formula is C27H28N8O3. The first-order valence-electron chi connectivity index (χ1n) is 12.6. The summed E-state index contributed by atoms with van der Waals surface area (Å²) in [5.74, 6) is 1.89. The molecule has 4 heterocycles. The molecule has 1 N–H and O–H groups in total. The molecule has 2 aromatic carbocycles. The summed E-state index contributed by atoms with van der Waals surface area (Å²) in [6.07, 6.45) is 1.61. The lowest BCUT2D eigenvalue weighted by atomic mass is 10.2. The third-order valence-corrected chi connectivity index (χ3v) is 6.76. The molecule has 38 heavy (non-hydrogen) atoms. The molecule has 1 saturated heterocycles. The predicted molar refractivity (Wildman–Crippen MR) is 144 cm³/mol. The molecule has 1 fully saturated rings. The first-order chi connectivity index (χ1) is 18.5. The van der Waals surface area contributed by atoms with Crippen molar-refractivity contribution in [3.05, 3.63) is 60.7 Å². The van der Waals surface area contributed by atoms with Crippen molar-refractivity contribution in [1.29, 1.82) is 0 Å². The summed E-state index contributed by atoms with van der Waals surface area (Å²) < 4.78 is 8.88. The van der Waals surface area contributed by atoms with Crippen LogP contribution in [0.4, 0.5) is 11.6 Å². The molecule has 11 heteroatoms. The molecule has 5 aromatic rings. The van der Waals surface area contributed by atoms with E-state index < -0.39 is 0 Å². The number of hydrogen-bond acceptors (Lipinski definition) is 9. The third kappa shape index (κ3) is 4.25. The molecule has 0 unspecified atom stereocenters. The summed E-state index contributed by atoms with van der Waals surface area (Å²) in [6.45, 7) is 7.02. The van der Waals surface area contributed by atoms with E-state index in [1.807, 2.05) is 47.9 Å². The number of imidazole rings is 2. The summed E-state index contributed by atoms with van der Waals surface area (Å²) in [7, 11) is 0. The Kier molecular flexibility index (Phi) is 6.02. The molecule has 0 amide bonds. The minimum atomic E-state index is -0.347. The highest BCUT2D eigenvalue weighted by atomic mass is 16.5. The lowest BCUT2D eigenvalue weighted by Gasteiger charge is -2.36. The number of ether oxygens (including phenoxy) is 1. The molecule has 1 aliphatic heterocycles. The number of rotatable bonds is 6. The van der Waals surface area contributed by atoms with Gasteiger partial charge in [0.2, 0.25) is 5.95 Å². The van der Waals surface area contributed by atoms with Gasteiger partial charge in [-0.1, -0.05) is 12.1 Å². The minimum absolute atomic E-state index is 0.0124. The second-order valence-corrected chi connectivity index (χ2v) is 9.17. The Bertz CT molecular complexity index is 1620. The van der Waals surface area contributed by atoms with Gasteiger partial charge in [0.1, 0.15) is 18.1 Å². The topological polar surface area (TPSA) is 114 Å². The van der Waals surface area contributed by atoms with Crippen molar-refractivity contribution in [2.75, 3.05) is 42.6 Å². The number of fused-ring (bicyclic) bond motifs is 2. The van der Waals surface area contributed by atoms with Crippen molar-refractivity contribution in [1.82, 2.24) is 29.1 Å². The zero-order chi connectivity index (χ0) is 26.2. The van der Waals surface area contributed by atoms with E-state index in [4.69, 9.17) is 19.7 Å². The van der Waals surface area contributed by atoms with Gasteiger partial charge in [-0.2, -0.15) is 9.97 Å². The Morgan fingerprint density at radius 3 is 2.47 bits per heavy atom. The number of piperazine rings is 1. The van der Waals surface area contributed by atoms with Gasteiger partial charge in [-0.25, -0.2) is 9.97 Å². The van der Waals surface area contributed by atoms with Crippen LogP contribution in [0.1, 0.15) is 12.7 Å². The molecule has 0 spiro atoms. The van der Waals surface area contributed by atoms with Crippen LogP contribution in [0, 0.1) is 6.92 Å². The summed E-state index contributed by atoms with van der Waals surface area (Å²) in [5.41, 5.74) is 4.01. The largest absolute Gasteiger partial charge is 0.508 e. The van der Waals surface area contributed by atoms with Crippen LogP contribution in [0.15, 0.2) is 54.9 Å². The molecule has 0 aliphatic carbocycles. The molecule has 194 valence electrons. The molecule has 0 bridgehead atoms. The van der Waals surface area contributed by atoms with Gasteiger partial charge in [-0.3, -0.25) is 9.36 Å². The standard InChI is InChI=1S/C27H28N8O3/c1-3-38-23(37)16-34-17-28-24-25(34)30-27(31-26(24)35-18(2)29-21-6-4-5-7-22(21)35)33-14-12-32(13-15-33)19-8-10-20(36)11-9-19/h4-11,17,36H,3,12-16H2,1-2H3. The fraction of sp³-hybridized carbons (Fsp3) is 0.296. The van der Waals surface area contributed by atoms with Crippen molar-refractivity contribution < 1.29 is 14.6 Å². The number of benzene rings is 2. The van der Waals surface area contributed by atoms with Crippen LogP contribution in [0.5, 0.6) is 5.75 Å². The number of anilines is 2. The van der Waals surface area contributed by atoms with E-state index in [-0.39, 0.29) is 18.3 Å². The van der Waals surface area contributed by atoms with Crippen molar-refractivity contribution in [3.63, 3.8) is 0 Å². The number of phenolic OH excluding ortho intramolecular Hbond substituents is 1. The van der Waals surface area contributed by atoms with Crippen LogP contribution in [-0.4, -0.2) is 72.9 Å². The highest BCUT2D eigenvalue weighted by Gasteiger charge is 2.24. The number of aromatic hydroxyl groups is 1. The van der Waals surface area contributed by atoms with Crippen LogP contribution in [0.3, 0.4) is 0 Å². The Balaban J connectivity index is 1.41. The molecule has 6 rings (SSSR count). The average molecular weight is 513 g/mol. The lowest BCUT2D eigenvalue weighted by Crippen LogP contribution is -2.47. The number of aryl methyl sites for hydroxylation is 1. The van der Waals surface area contributed by atoms with Gasteiger partial charge in [0.05, 0.1) is 24.0 Å². The molecule has 0 radical (unpaired) electrons. The van der Waals surface area contributed by atoms with Gasteiger partial charge in [-0.05, 0) is 50.2 Å². The number of para-hydroxylation sites is 2. The number of carbonyl (C=O) groups excluding carboxylic acids is 1. The first kappa shape index (κ1) is 23.7. The van der Waals surface area contributed by atoms with Crippen molar-refractivity contribution in [2.45, 2.75) is 20.4 Å². The molecule has 1 aliphatic rings. The highest BCUT2D eigenvalue weighted by Crippen LogP contribution is 2.28. The van der Waals surface area contributed by atoms with E-state index in [1.165, 1.54) is 0 Å². The maximum absolute atomic E-state index is 12.3. The molecule has 0 atom stereocenters. The monoisotopic (exact) mass is 512 g/mol. The Morgan fingerprint density at radius 1 is 0.974 bits per heavy atom. The van der Waals surface area contributed by atoms with E-state index in [9.17, 15) is 9.90 Å². The zero-order valence-corrected chi connectivity index (χ0v) is 21.3. The zero-order valence-electron chi connectivity index (χ0n) is 21.3. The fourth-order valence-electron chi connectivity index (χ4n) is 4.92. The van der Waals surface area contributed by atoms with Crippen LogP contribution >= 0.6 is 0 Å². The molecule has 11 nitrogen and oxygen atoms in total. The van der Waals surface area contributed by atoms with Crippen LogP contribution in [-0.2, 0) is 16.1 Å². The fourth-order valence-corrected chi connectivity index (χ4v) is 4.92. The Labute approximate surface area is 218 Å². The molecule has 3 aromatic heterocycles. The number of esters is 1. The maximum atomic E-state index is 12.3. The van der Waals surface area contributed by atoms with Gasteiger partial charge in [-0.15, -0.1) is 0 Å². The van der Waals surface area contributed by atoms with E-state index >= 15 is 0 Å². The Morgan fingerprint density at radius 2 is 1.71 bits per heavy atom. The smallest absolute Gasteiger partial charge is 0.326 e. The van der Waals surface area contributed by atoms with E-state index in [0.29, 0.717) is 42.6 Å². The normalized spacial score (nSPS) is 13.9. The van der Waals surface area contributed by atoms with Crippen LogP contribution in [0.2, 0.25) is 0 Å². The summed E-state index contributed by atoms with van der Waals surface area (Å²) in [6, 6.07) is 15.2. The van der Waals surface area contributed by atoms with E-state index in [2.05, 4.69) is 14.8 Å². The third-order valence-electron chi connectivity index (χ3n) is 6.76. The number of aromatic nitrogens is 6. The van der Waals surface area contributed by atoms with Gasteiger partial charge in [0.15, 0.2) is 17.0 Å². The van der Waals surface area contributed by atoms with Gasteiger partial charge >= 0.3 is 5.97 Å². The second kappa shape index (κ2) is 9.66. The van der Waals surface area contributed by atoms with Gasteiger partial charge in [0, 0.05) is 31.9 Å². The van der Waals surface area contributed by atoms with Gasteiger partial charge < -0.3 is 24.2 Å². The van der Waals surface area contributed by atoms with Crippen LogP contribution in [0.25, 0.3) is 28.0 Å². The summed E-state index contributed by atoms with van der Waals surface area (Å²) in [4.78, 5) is 36.0. The summed E-state index contributed by atoms with van der Waals surface area (Å²) >= 11 is 0. The molecular weight excluding hydrogens is 484 g/mol. The van der Waals surface area contributed by atoms with Crippen molar-refractivity contribution >= 4 is 39.8 Å². The minimum Gasteiger partial charge on any atom is -0.508 e. The number of carbonyl (C=O) groups is 1. The van der Waals surface area contributed by atoms with Gasteiger partial charge in [0.25, 0.3) is 0 Å².